The van der Waals surface area contributed by atoms with Crippen molar-refractivity contribution >= 4 is 5.97 Å². The van der Waals surface area contributed by atoms with E-state index in [1.807, 2.05) is 91.0 Å². The summed E-state index contributed by atoms with van der Waals surface area (Å²) in [6.45, 7) is 1.06. The van der Waals surface area contributed by atoms with Gasteiger partial charge < -0.3 is 19.3 Å². The van der Waals surface area contributed by atoms with Crippen LogP contribution in [0, 0.1) is 0 Å². The molecule has 0 aliphatic carbocycles. The number of carboxylic acid groups (broad SMARTS) is 1. The molecule has 4 aromatic rings. The number of carboxylic acids is 1. The number of benzene rings is 4. The number of hydrogen-bond acceptors (Lipinski definition) is 4. The lowest BCUT2D eigenvalue weighted by atomic mass is 10.1. The summed E-state index contributed by atoms with van der Waals surface area (Å²) in [5, 5.41) is 9.53. The minimum atomic E-state index is -0.996. The summed E-state index contributed by atoms with van der Waals surface area (Å²) >= 11 is 0. The highest BCUT2D eigenvalue weighted by Gasteiger charge is 2.20. The van der Waals surface area contributed by atoms with Crippen LogP contribution in [0.25, 0.3) is 0 Å². The summed E-state index contributed by atoms with van der Waals surface area (Å²) < 4.78 is 17.4. The quantitative estimate of drug-likeness (QED) is 0.278. The maximum Gasteiger partial charge on any atom is 0.345 e. The Morgan fingerprint density at radius 3 is 2.03 bits per heavy atom. The third-order valence-electron chi connectivity index (χ3n) is 5.45. The summed E-state index contributed by atoms with van der Waals surface area (Å²) in [5.74, 6) is 1.11. The lowest BCUT2D eigenvalue weighted by Gasteiger charge is -2.15. The maximum atomic E-state index is 11.6. The number of ether oxygens (including phenoxy) is 3. The highest BCUT2D eigenvalue weighted by atomic mass is 16.5. The van der Waals surface area contributed by atoms with Crippen molar-refractivity contribution in [2.75, 3.05) is 6.61 Å². The maximum absolute atomic E-state index is 11.6. The molecule has 0 aliphatic rings. The Kier molecular flexibility index (Phi) is 8.38. The van der Waals surface area contributed by atoms with Gasteiger partial charge in [-0.1, -0.05) is 72.8 Å². The number of carbonyl (C=O) groups is 1. The molecule has 0 saturated heterocycles. The van der Waals surface area contributed by atoms with Gasteiger partial charge >= 0.3 is 5.97 Å². The van der Waals surface area contributed by atoms with Gasteiger partial charge in [0.15, 0.2) is 6.10 Å². The first kappa shape index (κ1) is 23.9. The van der Waals surface area contributed by atoms with Gasteiger partial charge in [0, 0.05) is 12.8 Å². The number of hydrogen-bond donors (Lipinski definition) is 1. The minimum Gasteiger partial charge on any atom is -0.493 e. The van der Waals surface area contributed by atoms with Gasteiger partial charge in [-0.2, -0.15) is 0 Å². The van der Waals surface area contributed by atoms with Gasteiger partial charge in [0.2, 0.25) is 0 Å². The molecule has 1 N–H and O–H groups in total. The van der Waals surface area contributed by atoms with Crippen LogP contribution in [-0.4, -0.2) is 23.8 Å². The smallest absolute Gasteiger partial charge is 0.345 e. The Balaban J connectivity index is 1.25. The van der Waals surface area contributed by atoms with E-state index < -0.39 is 12.1 Å². The fraction of sp³-hybridized carbons (Fsp3) is 0.167. The van der Waals surface area contributed by atoms with E-state index in [4.69, 9.17) is 14.2 Å². The molecule has 0 spiro atoms. The zero-order valence-electron chi connectivity index (χ0n) is 19.4. The molecule has 0 heterocycles. The molecule has 4 rings (SSSR count). The van der Waals surface area contributed by atoms with Crippen LogP contribution in [0.3, 0.4) is 0 Å². The van der Waals surface area contributed by atoms with Gasteiger partial charge in [0.25, 0.3) is 0 Å². The Morgan fingerprint density at radius 2 is 1.31 bits per heavy atom. The normalized spacial score (nSPS) is 11.4. The molecule has 4 aromatic carbocycles. The van der Waals surface area contributed by atoms with E-state index >= 15 is 0 Å². The molecule has 5 heteroatoms. The molecular formula is C30H28O5. The van der Waals surface area contributed by atoms with Crippen molar-refractivity contribution in [1.29, 1.82) is 0 Å². The zero-order valence-corrected chi connectivity index (χ0v) is 19.4. The van der Waals surface area contributed by atoms with Crippen molar-refractivity contribution in [3.63, 3.8) is 0 Å². The molecule has 0 aromatic heterocycles. The van der Waals surface area contributed by atoms with Gasteiger partial charge in [-0.25, -0.2) is 4.79 Å². The van der Waals surface area contributed by atoms with Crippen molar-refractivity contribution < 1.29 is 24.1 Å². The van der Waals surface area contributed by atoms with E-state index in [2.05, 4.69) is 6.07 Å². The van der Waals surface area contributed by atoms with Crippen molar-refractivity contribution in [3.05, 3.63) is 126 Å². The predicted molar refractivity (Wildman–Crippen MR) is 135 cm³/mol. The number of rotatable bonds is 12. The molecule has 5 nitrogen and oxygen atoms in total. The van der Waals surface area contributed by atoms with E-state index in [1.54, 1.807) is 12.1 Å². The van der Waals surface area contributed by atoms with Crippen molar-refractivity contribution in [2.45, 2.75) is 25.6 Å². The molecule has 0 aliphatic heterocycles. The Morgan fingerprint density at radius 1 is 0.657 bits per heavy atom. The molecule has 0 saturated carbocycles. The molecule has 1 unspecified atom stereocenters. The fourth-order valence-corrected chi connectivity index (χ4v) is 3.60. The Hall–Kier alpha value is -4.25. The lowest BCUT2D eigenvalue weighted by molar-refractivity contribution is -0.145. The molecule has 0 amide bonds. The molecule has 178 valence electrons. The summed E-state index contributed by atoms with van der Waals surface area (Å²) in [6, 6.07) is 34.6. The first-order valence-electron chi connectivity index (χ1n) is 11.6. The Labute approximate surface area is 205 Å². The molecule has 35 heavy (non-hydrogen) atoms. The number of aliphatic carboxylic acids is 1. The van der Waals surface area contributed by atoms with E-state index in [-0.39, 0.29) is 6.42 Å². The van der Waals surface area contributed by atoms with Crippen LogP contribution in [0.5, 0.6) is 17.2 Å². The first-order chi connectivity index (χ1) is 17.2. The van der Waals surface area contributed by atoms with Crippen molar-refractivity contribution in [3.8, 4) is 17.2 Å². The van der Waals surface area contributed by atoms with Crippen molar-refractivity contribution in [2.24, 2.45) is 0 Å². The third kappa shape index (κ3) is 7.64. The molecule has 0 bridgehead atoms. The first-order valence-corrected chi connectivity index (χ1v) is 11.6. The fourth-order valence-electron chi connectivity index (χ4n) is 3.60. The number of para-hydroxylation sites is 1. The van der Waals surface area contributed by atoms with Crippen LogP contribution in [0.2, 0.25) is 0 Å². The summed E-state index contributed by atoms with van der Waals surface area (Å²) in [5.41, 5.74) is 3.13. The lowest BCUT2D eigenvalue weighted by Crippen LogP contribution is -2.29. The van der Waals surface area contributed by atoms with Crippen LogP contribution >= 0.6 is 0 Å². The second-order valence-electron chi connectivity index (χ2n) is 8.13. The third-order valence-corrected chi connectivity index (χ3v) is 5.45. The van der Waals surface area contributed by atoms with Crippen LogP contribution in [-0.2, 0) is 24.2 Å². The highest BCUT2D eigenvalue weighted by molar-refractivity contribution is 5.73. The van der Waals surface area contributed by atoms with Gasteiger partial charge in [-0.15, -0.1) is 0 Å². The molecule has 0 radical (unpaired) electrons. The highest BCUT2D eigenvalue weighted by Crippen LogP contribution is 2.19. The van der Waals surface area contributed by atoms with Crippen molar-refractivity contribution in [1.82, 2.24) is 0 Å². The van der Waals surface area contributed by atoms with E-state index in [0.29, 0.717) is 19.0 Å². The largest absolute Gasteiger partial charge is 0.493 e. The Bertz CT molecular complexity index is 1190. The summed E-state index contributed by atoms with van der Waals surface area (Å²) in [7, 11) is 0. The van der Waals surface area contributed by atoms with Crippen LogP contribution < -0.4 is 14.2 Å². The van der Waals surface area contributed by atoms with E-state index in [0.717, 1.165) is 34.6 Å². The average Bonchev–Trinajstić information content (AvgIpc) is 2.89. The van der Waals surface area contributed by atoms with Crippen LogP contribution in [0.15, 0.2) is 109 Å². The monoisotopic (exact) mass is 468 g/mol. The minimum absolute atomic E-state index is 0.264. The predicted octanol–water partition coefficient (Wildman–Crippen LogP) is 5.96. The van der Waals surface area contributed by atoms with Gasteiger partial charge in [-0.05, 0) is 53.1 Å². The molecular weight excluding hydrogens is 440 g/mol. The SMILES string of the molecule is O=C(O)C(Cc1ccc(OCCc2cccc(OCc3ccccc3)c2)cc1)Oc1ccccc1. The van der Waals surface area contributed by atoms with Crippen LogP contribution in [0.4, 0.5) is 0 Å². The average molecular weight is 469 g/mol. The van der Waals surface area contributed by atoms with Gasteiger partial charge in [-0.3, -0.25) is 0 Å². The van der Waals surface area contributed by atoms with Gasteiger partial charge in [0.1, 0.15) is 23.9 Å². The topological polar surface area (TPSA) is 65.0 Å². The standard InChI is InChI=1S/C30H28O5/c31-30(32)29(35-27-11-5-2-6-12-27)21-24-14-16-26(17-15-24)33-19-18-23-10-7-13-28(20-23)34-22-25-8-3-1-4-9-25/h1-17,20,29H,18-19,21-22H2,(H,31,32). The van der Waals surface area contributed by atoms with Gasteiger partial charge in [0.05, 0.1) is 6.61 Å². The van der Waals surface area contributed by atoms with E-state index in [1.165, 1.54) is 0 Å². The molecule has 1 atom stereocenters. The second kappa shape index (κ2) is 12.3. The van der Waals surface area contributed by atoms with Crippen LogP contribution in [0.1, 0.15) is 16.7 Å². The molecule has 0 fully saturated rings. The summed E-state index contributed by atoms with van der Waals surface area (Å²) in [4.78, 5) is 11.6. The second-order valence-corrected chi connectivity index (χ2v) is 8.13. The van der Waals surface area contributed by atoms with E-state index in [9.17, 15) is 9.90 Å². The summed E-state index contributed by atoms with van der Waals surface area (Å²) in [6.07, 6.45) is 0.0527. The zero-order chi connectivity index (χ0) is 24.3.